The first-order chi connectivity index (χ1) is 19.5. The molecule has 208 valence electrons. The van der Waals surface area contributed by atoms with E-state index in [4.69, 9.17) is 18.9 Å². The molecule has 1 aliphatic rings. The molecule has 9 heteroatoms. The van der Waals surface area contributed by atoms with Crippen LogP contribution in [0.25, 0.3) is 0 Å². The number of amides is 1. The Morgan fingerprint density at radius 1 is 0.975 bits per heavy atom. The minimum Gasteiger partial charge on any atom is -0.493 e. The van der Waals surface area contributed by atoms with Crippen LogP contribution in [0, 0.1) is 0 Å². The van der Waals surface area contributed by atoms with Gasteiger partial charge in [-0.3, -0.25) is 9.69 Å². The fourth-order valence-electron chi connectivity index (χ4n) is 4.61. The van der Waals surface area contributed by atoms with Crippen LogP contribution < -0.4 is 24.3 Å². The molecule has 5 rings (SSSR count). The molecular formula is C31H33N3O5S. The van der Waals surface area contributed by atoms with Crippen LogP contribution in [0.3, 0.4) is 0 Å². The summed E-state index contributed by atoms with van der Waals surface area (Å²) in [6, 6.07) is 21.8. The number of carbonyl (C=O) groups excluding carboxylic acids is 1. The van der Waals surface area contributed by atoms with E-state index >= 15 is 0 Å². The Bertz CT molecular complexity index is 1440. The van der Waals surface area contributed by atoms with Gasteiger partial charge in [0.2, 0.25) is 6.79 Å². The van der Waals surface area contributed by atoms with E-state index in [0.717, 1.165) is 46.2 Å². The van der Waals surface area contributed by atoms with Crippen molar-refractivity contribution in [1.29, 1.82) is 0 Å². The van der Waals surface area contributed by atoms with Crippen LogP contribution >= 0.6 is 11.3 Å². The topological polar surface area (TPSA) is 82.2 Å². The second-order valence-electron chi connectivity index (χ2n) is 9.57. The van der Waals surface area contributed by atoms with Crippen LogP contribution in [0.5, 0.6) is 23.0 Å². The van der Waals surface area contributed by atoms with Crippen LogP contribution in [-0.4, -0.2) is 43.3 Å². The second-order valence-corrected chi connectivity index (χ2v) is 10.5. The highest BCUT2D eigenvalue weighted by Crippen LogP contribution is 2.33. The number of benzene rings is 3. The van der Waals surface area contributed by atoms with Gasteiger partial charge in [-0.15, -0.1) is 11.3 Å². The minimum absolute atomic E-state index is 0.108. The van der Waals surface area contributed by atoms with E-state index in [2.05, 4.69) is 27.3 Å². The summed E-state index contributed by atoms with van der Waals surface area (Å²) in [6.45, 7) is 4.29. The lowest BCUT2D eigenvalue weighted by atomic mass is 10.1. The Morgan fingerprint density at radius 2 is 1.75 bits per heavy atom. The number of aromatic nitrogens is 1. The summed E-state index contributed by atoms with van der Waals surface area (Å²) in [5.74, 6) is 2.77. The Labute approximate surface area is 238 Å². The first kappa shape index (κ1) is 27.5. The van der Waals surface area contributed by atoms with Gasteiger partial charge in [-0.1, -0.05) is 42.5 Å². The Kier molecular flexibility index (Phi) is 8.83. The molecular weight excluding hydrogens is 526 g/mol. The number of nitrogens with zero attached hydrogens (tertiary/aromatic N) is 2. The van der Waals surface area contributed by atoms with Gasteiger partial charge in [-0.05, 0) is 54.3 Å². The van der Waals surface area contributed by atoms with Crippen molar-refractivity contribution in [2.24, 2.45) is 0 Å². The molecule has 0 saturated carbocycles. The van der Waals surface area contributed by atoms with Gasteiger partial charge in [-0.2, -0.15) is 0 Å². The summed E-state index contributed by atoms with van der Waals surface area (Å²) < 4.78 is 21.9. The zero-order chi connectivity index (χ0) is 27.9. The number of carbonyl (C=O) groups is 1. The summed E-state index contributed by atoms with van der Waals surface area (Å²) in [5.41, 5.74) is 3.74. The van der Waals surface area contributed by atoms with E-state index in [9.17, 15) is 4.79 Å². The number of ether oxygens (including phenoxy) is 4. The van der Waals surface area contributed by atoms with Crippen molar-refractivity contribution in [2.45, 2.75) is 32.5 Å². The number of nitrogens with one attached hydrogen (secondary N) is 1. The molecule has 1 atom stereocenters. The first-order valence-corrected chi connectivity index (χ1v) is 14.0. The largest absolute Gasteiger partial charge is 0.493 e. The van der Waals surface area contributed by atoms with Gasteiger partial charge < -0.3 is 24.3 Å². The van der Waals surface area contributed by atoms with Crippen molar-refractivity contribution < 1.29 is 23.7 Å². The summed E-state index contributed by atoms with van der Waals surface area (Å²) >= 11 is 1.50. The summed E-state index contributed by atoms with van der Waals surface area (Å²) in [5, 5.41) is 5.76. The second kappa shape index (κ2) is 12.8. The fourth-order valence-corrected chi connectivity index (χ4v) is 5.43. The van der Waals surface area contributed by atoms with Gasteiger partial charge >= 0.3 is 0 Å². The smallest absolute Gasteiger partial charge is 0.271 e. The van der Waals surface area contributed by atoms with Crippen LogP contribution in [0.15, 0.2) is 72.1 Å². The molecule has 40 heavy (non-hydrogen) atoms. The average Bonchev–Trinajstić information content (AvgIpc) is 3.65. The average molecular weight is 560 g/mol. The molecule has 0 spiro atoms. The number of hydrogen-bond acceptors (Lipinski definition) is 8. The van der Waals surface area contributed by atoms with Crippen molar-refractivity contribution in [2.75, 3.05) is 27.6 Å². The molecule has 1 aromatic heterocycles. The summed E-state index contributed by atoms with van der Waals surface area (Å²) in [6.07, 6.45) is 0.804. The highest BCUT2D eigenvalue weighted by molar-refractivity contribution is 7.09. The number of hydrogen-bond donors (Lipinski definition) is 1. The minimum atomic E-state index is -0.175. The molecule has 1 unspecified atom stereocenters. The number of rotatable bonds is 12. The molecule has 0 bridgehead atoms. The van der Waals surface area contributed by atoms with E-state index in [0.29, 0.717) is 30.3 Å². The molecule has 1 aliphatic heterocycles. The molecule has 1 amide bonds. The maximum atomic E-state index is 12.9. The summed E-state index contributed by atoms with van der Waals surface area (Å²) in [4.78, 5) is 19.9. The number of methoxy groups -OCH3 is 2. The molecule has 1 N–H and O–H groups in total. The van der Waals surface area contributed by atoms with Gasteiger partial charge in [0.25, 0.3) is 5.91 Å². The van der Waals surface area contributed by atoms with Crippen molar-refractivity contribution >= 4 is 17.2 Å². The maximum absolute atomic E-state index is 12.9. The molecule has 8 nitrogen and oxygen atoms in total. The molecule has 4 aromatic rings. The predicted octanol–water partition coefficient (Wildman–Crippen LogP) is 5.62. The predicted molar refractivity (Wildman–Crippen MR) is 154 cm³/mol. The molecule has 2 heterocycles. The van der Waals surface area contributed by atoms with Crippen LogP contribution in [0.1, 0.15) is 45.2 Å². The lowest BCUT2D eigenvalue weighted by molar-refractivity contribution is 0.0935. The zero-order valence-electron chi connectivity index (χ0n) is 22.9. The van der Waals surface area contributed by atoms with E-state index in [1.54, 1.807) is 14.2 Å². The normalized spacial score (nSPS) is 12.8. The maximum Gasteiger partial charge on any atom is 0.271 e. The molecule has 0 aliphatic carbocycles. The third kappa shape index (κ3) is 6.73. The van der Waals surface area contributed by atoms with Gasteiger partial charge in [-0.25, -0.2) is 4.98 Å². The molecule has 3 aromatic carbocycles. The Hall–Kier alpha value is -4.08. The van der Waals surface area contributed by atoms with Crippen LogP contribution in [0.2, 0.25) is 0 Å². The molecule has 0 radical (unpaired) electrons. The number of fused-ring (bicyclic) bond motifs is 1. The SMILES string of the molecule is COc1ccc(CCN(Cc2ccc3c(c2)OCO3)Cc2nc(C(=O)NC(C)c3ccccc3)cs2)cc1OC. The van der Waals surface area contributed by atoms with Crippen molar-refractivity contribution in [3.63, 3.8) is 0 Å². The van der Waals surface area contributed by atoms with Crippen LogP contribution in [-0.2, 0) is 19.5 Å². The monoisotopic (exact) mass is 559 g/mol. The Balaban J connectivity index is 1.28. The number of thiazole rings is 1. The van der Waals surface area contributed by atoms with Gasteiger partial charge in [0.1, 0.15) is 10.7 Å². The van der Waals surface area contributed by atoms with Gasteiger partial charge in [0.15, 0.2) is 23.0 Å². The third-order valence-electron chi connectivity index (χ3n) is 6.80. The summed E-state index contributed by atoms with van der Waals surface area (Å²) in [7, 11) is 3.28. The fraction of sp³-hybridized carbons (Fsp3) is 0.290. The zero-order valence-corrected chi connectivity index (χ0v) is 23.7. The molecule has 0 fully saturated rings. The van der Waals surface area contributed by atoms with E-state index < -0.39 is 0 Å². The first-order valence-electron chi connectivity index (χ1n) is 13.1. The van der Waals surface area contributed by atoms with E-state index in [1.165, 1.54) is 11.3 Å². The van der Waals surface area contributed by atoms with Crippen molar-refractivity contribution in [3.05, 3.63) is 99.5 Å². The standard InChI is InChI=1S/C31H33N3O5S/c1-21(24-7-5-4-6-8-24)32-31(35)25-19-40-30(33-25)18-34(17-23-10-12-27-29(16-23)39-20-38-27)14-13-22-9-11-26(36-2)28(15-22)37-3/h4-12,15-16,19,21H,13-14,17-18,20H2,1-3H3,(H,32,35). The van der Waals surface area contributed by atoms with Crippen molar-refractivity contribution in [3.8, 4) is 23.0 Å². The quantitative estimate of drug-likeness (QED) is 0.241. The van der Waals surface area contributed by atoms with E-state index in [-0.39, 0.29) is 18.7 Å². The molecule has 0 saturated heterocycles. The lowest BCUT2D eigenvalue weighted by Crippen LogP contribution is -2.27. The highest BCUT2D eigenvalue weighted by atomic mass is 32.1. The Morgan fingerprint density at radius 3 is 2.55 bits per heavy atom. The highest BCUT2D eigenvalue weighted by Gasteiger charge is 2.18. The van der Waals surface area contributed by atoms with E-state index in [1.807, 2.05) is 66.9 Å². The van der Waals surface area contributed by atoms with Gasteiger partial charge in [0, 0.05) is 18.5 Å². The van der Waals surface area contributed by atoms with Crippen LogP contribution in [0.4, 0.5) is 0 Å². The third-order valence-corrected chi connectivity index (χ3v) is 7.63. The van der Waals surface area contributed by atoms with Crippen molar-refractivity contribution in [1.82, 2.24) is 15.2 Å². The van der Waals surface area contributed by atoms with Gasteiger partial charge in [0.05, 0.1) is 26.8 Å². The lowest BCUT2D eigenvalue weighted by Gasteiger charge is -2.22.